The molecule has 0 heterocycles. The number of carboxylic acids is 1. The van der Waals surface area contributed by atoms with E-state index in [9.17, 15) is 14.7 Å². The lowest BCUT2D eigenvalue weighted by Gasteiger charge is -2.36. The van der Waals surface area contributed by atoms with Gasteiger partial charge in [-0.25, -0.2) is 9.59 Å². The SMILES string of the molecule is CC1CCC(NC(=O)NCC(C)C2CC2)(C(=O)O)CC1. The van der Waals surface area contributed by atoms with Crippen molar-refractivity contribution in [1.29, 1.82) is 0 Å². The third kappa shape index (κ3) is 3.64. The van der Waals surface area contributed by atoms with Gasteiger partial charge in [-0.2, -0.15) is 0 Å². The van der Waals surface area contributed by atoms with Gasteiger partial charge in [0.25, 0.3) is 0 Å². The first-order valence-corrected chi connectivity index (χ1v) is 7.72. The van der Waals surface area contributed by atoms with E-state index in [2.05, 4.69) is 24.5 Å². The highest BCUT2D eigenvalue weighted by Gasteiger charge is 2.42. The predicted molar refractivity (Wildman–Crippen MR) is 76.4 cm³/mol. The maximum atomic E-state index is 12.0. The van der Waals surface area contributed by atoms with Gasteiger partial charge in [-0.3, -0.25) is 0 Å². The van der Waals surface area contributed by atoms with Crippen LogP contribution in [0.5, 0.6) is 0 Å². The van der Waals surface area contributed by atoms with Crippen molar-refractivity contribution in [2.45, 2.75) is 57.9 Å². The topological polar surface area (TPSA) is 78.4 Å². The summed E-state index contributed by atoms with van der Waals surface area (Å²) < 4.78 is 0. The van der Waals surface area contributed by atoms with Gasteiger partial charge in [-0.05, 0) is 56.3 Å². The molecule has 0 bridgehead atoms. The van der Waals surface area contributed by atoms with Gasteiger partial charge in [0.1, 0.15) is 5.54 Å². The third-order valence-electron chi connectivity index (χ3n) is 4.90. The number of carbonyl (C=O) groups excluding carboxylic acids is 1. The second-order valence-corrected chi connectivity index (χ2v) is 6.72. The van der Waals surface area contributed by atoms with Crippen molar-refractivity contribution >= 4 is 12.0 Å². The highest BCUT2D eigenvalue weighted by atomic mass is 16.4. The molecule has 2 aliphatic rings. The van der Waals surface area contributed by atoms with E-state index in [1.54, 1.807) is 0 Å². The molecule has 0 saturated heterocycles. The van der Waals surface area contributed by atoms with Crippen LogP contribution in [0.25, 0.3) is 0 Å². The first kappa shape index (κ1) is 15.1. The maximum Gasteiger partial charge on any atom is 0.329 e. The van der Waals surface area contributed by atoms with E-state index in [0.29, 0.717) is 31.2 Å². The van der Waals surface area contributed by atoms with Crippen molar-refractivity contribution in [1.82, 2.24) is 10.6 Å². The molecule has 20 heavy (non-hydrogen) atoms. The van der Waals surface area contributed by atoms with E-state index in [-0.39, 0.29) is 6.03 Å². The molecule has 0 aliphatic heterocycles. The number of amides is 2. The summed E-state index contributed by atoms with van der Waals surface area (Å²) in [5.74, 6) is 0.851. The largest absolute Gasteiger partial charge is 0.480 e. The number of hydrogen-bond acceptors (Lipinski definition) is 2. The van der Waals surface area contributed by atoms with Crippen LogP contribution in [0, 0.1) is 17.8 Å². The molecule has 1 unspecified atom stereocenters. The molecule has 2 aliphatic carbocycles. The monoisotopic (exact) mass is 282 g/mol. The summed E-state index contributed by atoms with van der Waals surface area (Å²) >= 11 is 0. The molecule has 0 aromatic rings. The highest BCUT2D eigenvalue weighted by Crippen LogP contribution is 2.36. The lowest BCUT2D eigenvalue weighted by atomic mass is 9.77. The molecule has 0 radical (unpaired) electrons. The minimum Gasteiger partial charge on any atom is -0.480 e. The predicted octanol–water partition coefficient (Wildman–Crippen LogP) is 2.37. The van der Waals surface area contributed by atoms with Gasteiger partial charge in [-0.1, -0.05) is 13.8 Å². The summed E-state index contributed by atoms with van der Waals surface area (Å²) in [5, 5.41) is 15.0. The van der Waals surface area contributed by atoms with E-state index < -0.39 is 11.5 Å². The van der Waals surface area contributed by atoms with Gasteiger partial charge in [0.15, 0.2) is 0 Å². The molecule has 5 heteroatoms. The average Bonchev–Trinajstić information content (AvgIpc) is 3.23. The molecule has 5 nitrogen and oxygen atoms in total. The Kier molecular flexibility index (Phi) is 4.55. The van der Waals surface area contributed by atoms with Crippen LogP contribution in [0.4, 0.5) is 4.79 Å². The van der Waals surface area contributed by atoms with Gasteiger partial charge in [-0.15, -0.1) is 0 Å². The van der Waals surface area contributed by atoms with Crippen molar-refractivity contribution < 1.29 is 14.7 Å². The normalized spacial score (nSPS) is 31.4. The minimum absolute atomic E-state index is 0.338. The van der Waals surface area contributed by atoms with Crippen molar-refractivity contribution in [3.8, 4) is 0 Å². The fourth-order valence-corrected chi connectivity index (χ4v) is 2.99. The van der Waals surface area contributed by atoms with Crippen LogP contribution in [0.2, 0.25) is 0 Å². The molecular formula is C15H26N2O3. The first-order chi connectivity index (χ1) is 9.43. The number of carbonyl (C=O) groups is 2. The molecule has 0 spiro atoms. The van der Waals surface area contributed by atoms with Crippen LogP contribution in [0.3, 0.4) is 0 Å². The van der Waals surface area contributed by atoms with Crippen molar-refractivity contribution in [2.75, 3.05) is 6.54 Å². The summed E-state index contributed by atoms with van der Waals surface area (Å²) in [6.07, 6.45) is 5.25. The Morgan fingerprint density at radius 2 is 1.85 bits per heavy atom. The van der Waals surface area contributed by atoms with Gasteiger partial charge in [0.05, 0.1) is 0 Å². The fraction of sp³-hybridized carbons (Fsp3) is 0.867. The molecular weight excluding hydrogens is 256 g/mol. The Bertz CT molecular complexity index is 371. The molecule has 0 aromatic carbocycles. The molecule has 3 N–H and O–H groups in total. The highest BCUT2D eigenvalue weighted by molar-refractivity contribution is 5.86. The van der Waals surface area contributed by atoms with E-state index in [1.807, 2.05) is 0 Å². The van der Waals surface area contributed by atoms with E-state index >= 15 is 0 Å². The fourth-order valence-electron chi connectivity index (χ4n) is 2.99. The molecule has 1 atom stereocenters. The number of carboxylic acid groups (broad SMARTS) is 1. The van der Waals surface area contributed by atoms with Gasteiger partial charge >= 0.3 is 12.0 Å². The summed E-state index contributed by atoms with van der Waals surface area (Å²) in [4.78, 5) is 23.5. The molecule has 2 amide bonds. The number of aliphatic carboxylic acids is 1. The van der Waals surface area contributed by atoms with E-state index in [4.69, 9.17) is 0 Å². The van der Waals surface area contributed by atoms with Gasteiger partial charge in [0, 0.05) is 6.54 Å². The Balaban J connectivity index is 1.84. The minimum atomic E-state index is -1.07. The number of rotatable bonds is 5. The Labute approximate surface area is 120 Å². The zero-order valence-corrected chi connectivity index (χ0v) is 12.4. The van der Waals surface area contributed by atoms with Gasteiger partial charge < -0.3 is 15.7 Å². The lowest BCUT2D eigenvalue weighted by Crippen LogP contribution is -2.58. The zero-order chi connectivity index (χ0) is 14.8. The van der Waals surface area contributed by atoms with Gasteiger partial charge in [0.2, 0.25) is 0 Å². The summed E-state index contributed by atoms with van der Waals surface area (Å²) in [6, 6.07) is -0.338. The number of hydrogen-bond donors (Lipinski definition) is 3. The number of nitrogens with one attached hydrogen (secondary N) is 2. The van der Waals surface area contributed by atoms with Crippen LogP contribution in [0.15, 0.2) is 0 Å². The smallest absolute Gasteiger partial charge is 0.329 e. The van der Waals surface area contributed by atoms with Crippen LogP contribution >= 0.6 is 0 Å². The van der Waals surface area contributed by atoms with E-state index in [0.717, 1.165) is 18.8 Å². The molecule has 2 rings (SSSR count). The lowest BCUT2D eigenvalue weighted by molar-refractivity contribution is -0.146. The maximum absolute atomic E-state index is 12.0. The Morgan fingerprint density at radius 3 is 2.35 bits per heavy atom. The Morgan fingerprint density at radius 1 is 1.25 bits per heavy atom. The molecule has 114 valence electrons. The molecule has 0 aromatic heterocycles. The quantitative estimate of drug-likeness (QED) is 0.724. The second kappa shape index (κ2) is 6.02. The second-order valence-electron chi connectivity index (χ2n) is 6.72. The van der Waals surface area contributed by atoms with Crippen molar-refractivity contribution in [3.05, 3.63) is 0 Å². The van der Waals surface area contributed by atoms with Crippen LogP contribution in [-0.4, -0.2) is 29.2 Å². The zero-order valence-electron chi connectivity index (χ0n) is 12.4. The standard InChI is InChI=1S/C15H26N2O3/c1-10-5-7-15(8-6-10,13(18)19)17-14(20)16-9-11(2)12-3-4-12/h10-12H,3-9H2,1-2H3,(H,18,19)(H2,16,17,20). The average molecular weight is 282 g/mol. The number of urea groups is 1. The van der Waals surface area contributed by atoms with Crippen LogP contribution < -0.4 is 10.6 Å². The van der Waals surface area contributed by atoms with Crippen LogP contribution in [-0.2, 0) is 4.79 Å². The molecule has 2 saturated carbocycles. The summed E-state index contributed by atoms with van der Waals surface area (Å²) in [5.41, 5.74) is -1.07. The first-order valence-electron chi connectivity index (χ1n) is 7.72. The molecule has 2 fully saturated rings. The van der Waals surface area contributed by atoms with E-state index in [1.165, 1.54) is 12.8 Å². The van der Waals surface area contributed by atoms with Crippen molar-refractivity contribution in [2.24, 2.45) is 17.8 Å². The van der Waals surface area contributed by atoms with Crippen molar-refractivity contribution in [3.63, 3.8) is 0 Å². The Hall–Kier alpha value is -1.26. The third-order valence-corrected chi connectivity index (χ3v) is 4.90. The summed E-state index contributed by atoms with van der Waals surface area (Å²) in [6.45, 7) is 4.89. The van der Waals surface area contributed by atoms with Crippen LogP contribution in [0.1, 0.15) is 52.4 Å². The summed E-state index contributed by atoms with van der Waals surface area (Å²) in [7, 11) is 0.